The molecule has 12 atom stereocenters. The van der Waals surface area contributed by atoms with E-state index >= 15 is 0 Å². The molecule has 0 aromatic heterocycles. The van der Waals surface area contributed by atoms with Crippen molar-refractivity contribution in [1.82, 2.24) is 0 Å². The third-order valence-electron chi connectivity index (χ3n) is 11.5. The van der Waals surface area contributed by atoms with Crippen molar-refractivity contribution in [2.24, 2.45) is 58.2 Å². The highest BCUT2D eigenvalue weighted by Crippen LogP contribution is 2.66. The van der Waals surface area contributed by atoms with Gasteiger partial charge in [-0.05, 0) is 97.2 Å². The molecule has 0 aromatic rings. The first-order chi connectivity index (χ1) is 15.4. The number of rotatable bonds is 5. The first-order valence-corrected chi connectivity index (χ1v) is 13.6. The molecule has 5 heteroatoms. The monoisotopic (exact) mass is 464 g/mol. The maximum atomic E-state index is 13.0. The molecule has 4 aliphatic rings. The summed E-state index contributed by atoms with van der Waals surface area (Å²) in [5.41, 5.74) is 0.00402. The highest BCUT2D eigenvalue weighted by Gasteiger charge is 2.62. The van der Waals surface area contributed by atoms with Crippen LogP contribution in [0.3, 0.4) is 0 Å². The Bertz CT molecular complexity index is 723. The maximum Gasteiger partial charge on any atom is 0.309 e. The molecule has 4 rings (SSSR count). The molecule has 5 nitrogen and oxygen atoms in total. The van der Waals surface area contributed by atoms with Crippen molar-refractivity contribution < 1.29 is 24.9 Å². The molecule has 1 saturated heterocycles. The summed E-state index contributed by atoms with van der Waals surface area (Å²) in [6, 6.07) is 0. The van der Waals surface area contributed by atoms with Gasteiger partial charge in [-0.15, -0.1) is 0 Å². The zero-order valence-corrected chi connectivity index (χ0v) is 21.7. The summed E-state index contributed by atoms with van der Waals surface area (Å²) in [6.45, 7) is 13.6. The van der Waals surface area contributed by atoms with Crippen LogP contribution in [-0.4, -0.2) is 46.2 Å². The van der Waals surface area contributed by atoms with Crippen molar-refractivity contribution in [3.63, 3.8) is 0 Å². The average molecular weight is 465 g/mol. The van der Waals surface area contributed by atoms with Gasteiger partial charge in [-0.3, -0.25) is 4.79 Å². The molecule has 0 aromatic carbocycles. The van der Waals surface area contributed by atoms with Crippen LogP contribution in [0.5, 0.6) is 0 Å². The number of carbonyl (C=O) groups is 1. The average Bonchev–Trinajstić information content (AvgIpc) is 3.08. The Morgan fingerprint density at radius 2 is 1.55 bits per heavy atom. The summed E-state index contributed by atoms with van der Waals surface area (Å²) in [5.74, 6) is 1.78. The second-order valence-electron chi connectivity index (χ2n) is 13.2. The minimum Gasteiger partial charge on any atom is -0.465 e. The normalized spacial score (nSPS) is 46.9. The second-order valence-corrected chi connectivity index (χ2v) is 13.2. The predicted molar refractivity (Wildman–Crippen MR) is 128 cm³/mol. The molecule has 3 saturated carbocycles. The van der Waals surface area contributed by atoms with Crippen LogP contribution in [-0.2, 0) is 9.53 Å². The van der Waals surface area contributed by atoms with E-state index in [4.69, 9.17) is 4.74 Å². The minimum absolute atomic E-state index is 0.0363. The minimum atomic E-state index is -0.714. The van der Waals surface area contributed by atoms with Crippen LogP contribution in [0.15, 0.2) is 0 Å². The van der Waals surface area contributed by atoms with Gasteiger partial charge in [-0.25, -0.2) is 0 Å². The number of aliphatic hydroxyl groups is 3. The lowest BCUT2D eigenvalue weighted by Gasteiger charge is -2.55. The zero-order valence-electron chi connectivity index (χ0n) is 21.7. The number of aliphatic hydroxyl groups excluding tert-OH is 3. The van der Waals surface area contributed by atoms with E-state index in [2.05, 4.69) is 34.6 Å². The molecule has 3 N–H and O–H groups in total. The Morgan fingerprint density at radius 3 is 2.21 bits per heavy atom. The van der Waals surface area contributed by atoms with E-state index in [9.17, 15) is 20.1 Å². The number of cyclic esters (lactones) is 1. The lowest BCUT2D eigenvalue weighted by molar-refractivity contribution is -0.155. The van der Waals surface area contributed by atoms with Gasteiger partial charge in [0.15, 0.2) is 0 Å². The van der Waals surface area contributed by atoms with Crippen LogP contribution < -0.4 is 0 Å². The van der Waals surface area contributed by atoms with Crippen LogP contribution in [0.25, 0.3) is 0 Å². The summed E-state index contributed by atoms with van der Waals surface area (Å²) in [6.07, 6.45) is 4.78. The van der Waals surface area contributed by atoms with Gasteiger partial charge in [0.05, 0.1) is 30.8 Å². The molecule has 0 bridgehead atoms. The SMILES string of the molecule is CC(C)[C@H](C)[C@@H](O)[C@H](O)[C@@H](C)[C@H]1CC[C@H]2[C@@H]3COC(=O)[C@H]4C[C@@H](O)CC[C@]4(C)[C@H]3CC[C@]12C. The van der Waals surface area contributed by atoms with E-state index in [1.165, 1.54) is 0 Å². The van der Waals surface area contributed by atoms with Gasteiger partial charge in [0.2, 0.25) is 0 Å². The fraction of sp³-hybridized carbons (Fsp3) is 0.964. The van der Waals surface area contributed by atoms with Crippen molar-refractivity contribution in [3.8, 4) is 0 Å². The Kier molecular flexibility index (Phi) is 7.01. The molecule has 3 aliphatic carbocycles. The Morgan fingerprint density at radius 1 is 0.909 bits per heavy atom. The van der Waals surface area contributed by atoms with E-state index in [1.807, 2.05) is 6.92 Å². The van der Waals surface area contributed by atoms with Crippen LogP contribution in [0.2, 0.25) is 0 Å². The van der Waals surface area contributed by atoms with E-state index in [1.54, 1.807) is 0 Å². The molecular weight excluding hydrogens is 416 g/mol. The summed E-state index contributed by atoms with van der Waals surface area (Å²) < 4.78 is 5.91. The number of hydrogen-bond donors (Lipinski definition) is 3. The lowest BCUT2D eigenvalue weighted by Crippen LogP contribution is -2.52. The largest absolute Gasteiger partial charge is 0.465 e. The van der Waals surface area contributed by atoms with Gasteiger partial charge in [0, 0.05) is 0 Å². The quantitative estimate of drug-likeness (QED) is 0.524. The predicted octanol–water partition coefficient (Wildman–Crippen LogP) is 4.42. The summed E-state index contributed by atoms with van der Waals surface area (Å²) in [7, 11) is 0. The van der Waals surface area contributed by atoms with Gasteiger partial charge >= 0.3 is 5.97 Å². The van der Waals surface area contributed by atoms with E-state index in [-0.39, 0.29) is 40.7 Å². The number of fused-ring (bicyclic) bond motifs is 5. The van der Waals surface area contributed by atoms with Crippen LogP contribution in [0.1, 0.15) is 86.5 Å². The number of esters is 1. The maximum absolute atomic E-state index is 13.0. The fourth-order valence-corrected chi connectivity index (χ4v) is 8.90. The second kappa shape index (κ2) is 9.09. The molecule has 0 unspecified atom stereocenters. The van der Waals surface area contributed by atoms with E-state index < -0.39 is 12.2 Å². The number of ether oxygens (including phenoxy) is 1. The van der Waals surface area contributed by atoms with Crippen molar-refractivity contribution in [3.05, 3.63) is 0 Å². The standard InChI is InChI=1S/C28H48O5/c1-15(2)16(3)24(30)25(31)17(4)20-7-8-21-19-14-33-26(32)23-13-18(29)9-11-28(23,6)22(19)10-12-27(20,21)5/h15-25,29-31H,7-14H2,1-6H3/t16-,17-,18-,19-,20+,21-,22-,23+,24+,25+,27+,28+/m0/s1. The summed E-state index contributed by atoms with van der Waals surface area (Å²) in [4.78, 5) is 13.0. The van der Waals surface area contributed by atoms with E-state index in [0.717, 1.165) is 38.5 Å². The van der Waals surface area contributed by atoms with Crippen molar-refractivity contribution >= 4 is 5.97 Å². The molecule has 0 amide bonds. The highest BCUT2D eigenvalue weighted by atomic mass is 16.5. The molecule has 33 heavy (non-hydrogen) atoms. The smallest absolute Gasteiger partial charge is 0.309 e. The molecular formula is C28H48O5. The summed E-state index contributed by atoms with van der Waals surface area (Å²) in [5, 5.41) is 32.3. The molecule has 1 aliphatic heterocycles. The Hall–Kier alpha value is -0.650. The van der Waals surface area contributed by atoms with Gasteiger partial charge in [-0.1, -0.05) is 41.5 Å². The van der Waals surface area contributed by atoms with Crippen LogP contribution >= 0.6 is 0 Å². The number of carbonyl (C=O) groups excluding carboxylic acids is 1. The molecule has 4 fully saturated rings. The third kappa shape index (κ3) is 4.08. The topological polar surface area (TPSA) is 87.0 Å². The first-order valence-electron chi connectivity index (χ1n) is 13.6. The molecule has 190 valence electrons. The van der Waals surface area contributed by atoms with Gasteiger partial charge in [0.25, 0.3) is 0 Å². The Balaban J connectivity index is 1.56. The van der Waals surface area contributed by atoms with E-state index in [0.29, 0.717) is 42.6 Å². The summed E-state index contributed by atoms with van der Waals surface area (Å²) >= 11 is 0. The molecule has 0 radical (unpaired) electrons. The molecule has 0 spiro atoms. The van der Waals surface area contributed by atoms with Crippen molar-refractivity contribution in [2.45, 2.75) is 105 Å². The Labute approximate surface area is 200 Å². The highest BCUT2D eigenvalue weighted by molar-refractivity contribution is 5.74. The van der Waals surface area contributed by atoms with Gasteiger partial charge < -0.3 is 20.1 Å². The van der Waals surface area contributed by atoms with Gasteiger partial charge in [-0.2, -0.15) is 0 Å². The number of hydrogen-bond acceptors (Lipinski definition) is 5. The van der Waals surface area contributed by atoms with Crippen LogP contribution in [0.4, 0.5) is 0 Å². The van der Waals surface area contributed by atoms with Crippen molar-refractivity contribution in [2.75, 3.05) is 6.61 Å². The lowest BCUT2D eigenvalue weighted by atomic mass is 9.48. The van der Waals surface area contributed by atoms with Crippen molar-refractivity contribution in [1.29, 1.82) is 0 Å². The molecule has 1 heterocycles. The fourth-order valence-electron chi connectivity index (χ4n) is 8.90. The van der Waals surface area contributed by atoms with Gasteiger partial charge in [0.1, 0.15) is 0 Å². The van der Waals surface area contributed by atoms with Crippen LogP contribution in [0, 0.1) is 58.2 Å². The first kappa shape index (κ1) is 25.4. The third-order valence-corrected chi connectivity index (χ3v) is 11.5. The zero-order chi connectivity index (χ0) is 24.3.